The van der Waals surface area contributed by atoms with Gasteiger partial charge in [-0.3, -0.25) is 4.90 Å². The number of para-hydroxylation sites is 1. The molecule has 1 heterocycles. The van der Waals surface area contributed by atoms with Crippen LogP contribution in [0.3, 0.4) is 0 Å². The highest BCUT2D eigenvalue weighted by molar-refractivity contribution is 7.89. The number of β-amino-alcohol motifs (C(OH)–C–C–N with tert-alkyl or cyclic N) is 1. The molecule has 1 unspecified atom stereocenters. The number of benzene rings is 2. The number of aliphatic hydroxyl groups excluding tert-OH is 1. The van der Waals surface area contributed by atoms with Crippen LogP contribution in [0.4, 0.5) is 4.39 Å². The Hall–Kier alpha value is -2.00. The van der Waals surface area contributed by atoms with E-state index in [1.807, 2.05) is 32.0 Å². The molecule has 8 heteroatoms. The Bertz CT molecular complexity index is 930. The van der Waals surface area contributed by atoms with Crippen LogP contribution < -0.4 is 4.74 Å². The third-order valence-corrected chi connectivity index (χ3v) is 7.21. The number of aliphatic hydroxyl groups is 1. The van der Waals surface area contributed by atoms with E-state index >= 15 is 0 Å². The summed E-state index contributed by atoms with van der Waals surface area (Å²) in [6.45, 7) is 6.46. The van der Waals surface area contributed by atoms with E-state index in [0.29, 0.717) is 39.1 Å². The van der Waals surface area contributed by atoms with Crippen molar-refractivity contribution in [3.05, 3.63) is 59.4 Å². The summed E-state index contributed by atoms with van der Waals surface area (Å²) in [5, 5.41) is 10.4. The van der Waals surface area contributed by atoms with Gasteiger partial charge >= 0.3 is 0 Å². The maximum atomic E-state index is 13.1. The summed E-state index contributed by atoms with van der Waals surface area (Å²) in [6, 6.07) is 10.8. The molecule has 2 aromatic carbocycles. The molecule has 164 valence electrons. The minimum Gasteiger partial charge on any atom is -0.490 e. The molecular formula is C22H29FN2O4S. The van der Waals surface area contributed by atoms with Crippen molar-refractivity contribution in [2.75, 3.05) is 39.3 Å². The molecule has 0 saturated carbocycles. The van der Waals surface area contributed by atoms with Gasteiger partial charge in [0.25, 0.3) is 0 Å². The highest BCUT2D eigenvalue weighted by atomic mass is 32.2. The monoisotopic (exact) mass is 436 g/mol. The summed E-state index contributed by atoms with van der Waals surface area (Å²) < 4.78 is 46.0. The van der Waals surface area contributed by atoms with E-state index in [4.69, 9.17) is 4.74 Å². The van der Waals surface area contributed by atoms with E-state index in [0.717, 1.165) is 29.0 Å². The van der Waals surface area contributed by atoms with Gasteiger partial charge in [0.15, 0.2) is 0 Å². The van der Waals surface area contributed by atoms with Crippen molar-refractivity contribution >= 4 is 10.0 Å². The van der Waals surface area contributed by atoms with Crippen molar-refractivity contribution in [3.8, 4) is 5.75 Å². The molecule has 30 heavy (non-hydrogen) atoms. The van der Waals surface area contributed by atoms with Crippen LogP contribution in [0.1, 0.15) is 17.5 Å². The number of ether oxygens (including phenoxy) is 1. The molecule has 0 aliphatic carbocycles. The number of hydrogen-bond acceptors (Lipinski definition) is 5. The van der Waals surface area contributed by atoms with Crippen molar-refractivity contribution in [1.82, 2.24) is 9.21 Å². The Morgan fingerprint density at radius 1 is 1.03 bits per heavy atom. The van der Waals surface area contributed by atoms with Crippen LogP contribution in [-0.4, -0.2) is 68.2 Å². The van der Waals surface area contributed by atoms with Gasteiger partial charge in [0, 0.05) is 26.2 Å². The van der Waals surface area contributed by atoms with E-state index in [9.17, 15) is 17.9 Å². The molecule has 6 nitrogen and oxygen atoms in total. The number of nitrogens with zero attached hydrogens (tertiary/aromatic N) is 2. The summed E-state index contributed by atoms with van der Waals surface area (Å²) in [6.07, 6.45) is -0.0190. The van der Waals surface area contributed by atoms with Crippen molar-refractivity contribution in [1.29, 1.82) is 0 Å². The Kier molecular flexibility index (Phi) is 7.46. The maximum absolute atomic E-state index is 13.1. The van der Waals surface area contributed by atoms with Crippen LogP contribution in [0.5, 0.6) is 5.75 Å². The Balaban J connectivity index is 1.54. The topological polar surface area (TPSA) is 70.1 Å². The highest BCUT2D eigenvalue weighted by Gasteiger charge is 2.27. The van der Waals surface area contributed by atoms with E-state index in [1.54, 1.807) is 0 Å². The van der Waals surface area contributed by atoms with Crippen molar-refractivity contribution in [2.24, 2.45) is 0 Å². The third kappa shape index (κ3) is 5.57. The molecule has 2 aromatic rings. The van der Waals surface area contributed by atoms with Gasteiger partial charge in [0.2, 0.25) is 10.0 Å². The van der Waals surface area contributed by atoms with Crippen LogP contribution in [0, 0.1) is 19.7 Å². The molecule has 0 bridgehead atoms. The Morgan fingerprint density at radius 3 is 2.37 bits per heavy atom. The summed E-state index contributed by atoms with van der Waals surface area (Å²) in [7, 11) is -3.66. The minimum atomic E-state index is -3.66. The third-order valence-electron chi connectivity index (χ3n) is 5.30. The zero-order chi connectivity index (χ0) is 21.7. The van der Waals surface area contributed by atoms with Crippen molar-refractivity contribution in [2.45, 2.75) is 31.3 Å². The molecule has 1 N–H and O–H groups in total. The second kappa shape index (κ2) is 9.87. The zero-order valence-electron chi connectivity index (χ0n) is 17.4. The largest absolute Gasteiger partial charge is 0.490 e. The average molecular weight is 437 g/mol. The van der Waals surface area contributed by atoms with Crippen molar-refractivity contribution < 1.29 is 22.7 Å². The number of rotatable bonds is 7. The first-order valence-corrected chi connectivity index (χ1v) is 11.6. The second-order valence-corrected chi connectivity index (χ2v) is 9.64. The van der Waals surface area contributed by atoms with Gasteiger partial charge in [-0.15, -0.1) is 0 Å². The quantitative estimate of drug-likeness (QED) is 0.723. The first kappa shape index (κ1) is 22.7. The SMILES string of the molecule is Cc1cccc(C)c1OCC(O)CN1CCCN(S(=O)(=O)c2ccc(F)cc2)CC1. The minimum absolute atomic E-state index is 0.0967. The molecular weight excluding hydrogens is 407 g/mol. The Labute approximate surface area is 177 Å². The molecule has 0 aromatic heterocycles. The van der Waals surface area contributed by atoms with Gasteiger partial charge in [-0.1, -0.05) is 18.2 Å². The van der Waals surface area contributed by atoms with E-state index < -0.39 is 21.9 Å². The zero-order valence-corrected chi connectivity index (χ0v) is 18.2. The lowest BCUT2D eigenvalue weighted by molar-refractivity contribution is 0.0695. The fraction of sp³-hybridized carbons (Fsp3) is 0.455. The number of sulfonamides is 1. The number of hydrogen-bond donors (Lipinski definition) is 1. The molecule has 1 aliphatic heterocycles. The van der Waals surface area contributed by atoms with Gasteiger partial charge in [0.1, 0.15) is 24.3 Å². The van der Waals surface area contributed by atoms with Crippen molar-refractivity contribution in [3.63, 3.8) is 0 Å². The van der Waals surface area contributed by atoms with Gasteiger partial charge in [-0.05, 0) is 62.2 Å². The number of aryl methyl sites for hydroxylation is 2. The molecule has 0 radical (unpaired) electrons. The fourth-order valence-electron chi connectivity index (χ4n) is 3.68. The lowest BCUT2D eigenvalue weighted by Gasteiger charge is -2.24. The molecule has 3 rings (SSSR count). The van der Waals surface area contributed by atoms with Gasteiger partial charge in [-0.2, -0.15) is 4.31 Å². The maximum Gasteiger partial charge on any atom is 0.243 e. The van der Waals surface area contributed by atoms with Gasteiger partial charge in [-0.25, -0.2) is 12.8 Å². The second-order valence-electron chi connectivity index (χ2n) is 7.70. The molecule has 0 amide bonds. The van der Waals surface area contributed by atoms with Gasteiger partial charge in [0.05, 0.1) is 4.90 Å². The summed E-state index contributed by atoms with van der Waals surface area (Å²) in [5.41, 5.74) is 2.05. The highest BCUT2D eigenvalue weighted by Crippen LogP contribution is 2.22. The molecule has 0 spiro atoms. The molecule has 1 aliphatic rings. The van der Waals surface area contributed by atoms with Gasteiger partial charge < -0.3 is 9.84 Å². The average Bonchev–Trinajstić information content (AvgIpc) is 2.94. The summed E-state index contributed by atoms with van der Waals surface area (Å²) in [5.74, 6) is 0.331. The molecule has 1 fully saturated rings. The lowest BCUT2D eigenvalue weighted by atomic mass is 10.1. The molecule has 1 saturated heterocycles. The van der Waals surface area contributed by atoms with Crippen LogP contribution in [0.2, 0.25) is 0 Å². The van der Waals surface area contributed by atoms with E-state index in [2.05, 4.69) is 4.90 Å². The summed E-state index contributed by atoms with van der Waals surface area (Å²) in [4.78, 5) is 2.15. The smallest absolute Gasteiger partial charge is 0.243 e. The van der Waals surface area contributed by atoms with Crippen LogP contribution in [0.15, 0.2) is 47.4 Å². The van der Waals surface area contributed by atoms with E-state index in [-0.39, 0.29) is 11.5 Å². The van der Waals surface area contributed by atoms with Crippen LogP contribution in [0.25, 0.3) is 0 Å². The van der Waals surface area contributed by atoms with Crippen LogP contribution in [-0.2, 0) is 10.0 Å². The fourth-order valence-corrected chi connectivity index (χ4v) is 5.15. The first-order valence-electron chi connectivity index (χ1n) is 10.1. The lowest BCUT2D eigenvalue weighted by Crippen LogP contribution is -2.39. The van der Waals surface area contributed by atoms with E-state index in [1.165, 1.54) is 16.4 Å². The molecule has 1 atom stereocenters. The number of halogens is 1. The standard InChI is InChI=1S/C22H29FN2O4S/c1-17-5-3-6-18(2)22(17)29-16-20(26)15-24-11-4-12-25(14-13-24)30(27,28)21-9-7-19(23)8-10-21/h3,5-10,20,26H,4,11-16H2,1-2H3. The normalized spacial score (nSPS) is 17.5. The first-order chi connectivity index (χ1) is 14.3. The van der Waals surface area contributed by atoms with Crippen LogP contribution >= 0.6 is 0 Å². The predicted octanol–water partition coefficient (Wildman–Crippen LogP) is 2.58. The summed E-state index contributed by atoms with van der Waals surface area (Å²) >= 11 is 0. The Morgan fingerprint density at radius 2 is 1.70 bits per heavy atom. The predicted molar refractivity (Wildman–Crippen MR) is 114 cm³/mol.